The molecule has 0 spiro atoms. The van der Waals surface area contributed by atoms with Gasteiger partial charge in [-0.2, -0.15) is 0 Å². The molecule has 5 heteroatoms. The predicted octanol–water partition coefficient (Wildman–Crippen LogP) is 4.94. The number of thioether (sulfide) groups is 1. The van der Waals surface area contributed by atoms with Crippen molar-refractivity contribution in [1.29, 1.82) is 0 Å². The number of benzene rings is 2. The summed E-state index contributed by atoms with van der Waals surface area (Å²) in [4.78, 5) is 32.0. The zero-order chi connectivity index (χ0) is 20.2. The van der Waals surface area contributed by atoms with E-state index in [0.29, 0.717) is 19.4 Å². The summed E-state index contributed by atoms with van der Waals surface area (Å²) in [5, 5.41) is 1.18. The number of H-pyrrole nitrogens is 1. The second kappa shape index (κ2) is 8.87. The van der Waals surface area contributed by atoms with Crippen LogP contribution in [0.5, 0.6) is 0 Å². The van der Waals surface area contributed by atoms with E-state index >= 15 is 0 Å². The summed E-state index contributed by atoms with van der Waals surface area (Å²) in [6, 6.07) is 16.0. The Bertz CT molecular complexity index is 1010. The molecule has 3 aromatic rings. The van der Waals surface area contributed by atoms with Crippen LogP contribution in [0.1, 0.15) is 35.2 Å². The molecule has 1 N–H and O–H groups in total. The van der Waals surface area contributed by atoms with Gasteiger partial charge in [-0.3, -0.25) is 9.59 Å². The smallest absolute Gasteiger partial charge is 0.222 e. The number of aromatic amines is 1. The van der Waals surface area contributed by atoms with Crippen LogP contribution in [-0.4, -0.2) is 40.9 Å². The minimum Gasteiger partial charge on any atom is -0.361 e. The third-order valence-electron chi connectivity index (χ3n) is 5.80. The average Bonchev–Trinajstić information content (AvgIpc) is 3.20. The average molecular weight is 407 g/mol. The van der Waals surface area contributed by atoms with Gasteiger partial charge in [-0.1, -0.05) is 30.3 Å². The van der Waals surface area contributed by atoms with Crippen molar-refractivity contribution in [3.05, 3.63) is 65.9 Å². The highest BCUT2D eigenvalue weighted by Gasteiger charge is 2.28. The summed E-state index contributed by atoms with van der Waals surface area (Å²) in [6.45, 7) is 1.29. The van der Waals surface area contributed by atoms with Crippen molar-refractivity contribution in [2.24, 2.45) is 5.92 Å². The third kappa shape index (κ3) is 4.40. The molecule has 1 aliphatic rings. The van der Waals surface area contributed by atoms with E-state index in [1.807, 2.05) is 59.8 Å². The Labute approximate surface area is 175 Å². The van der Waals surface area contributed by atoms with Gasteiger partial charge in [0, 0.05) is 53.0 Å². The zero-order valence-electron chi connectivity index (χ0n) is 16.7. The Morgan fingerprint density at radius 1 is 1.14 bits per heavy atom. The molecule has 0 aliphatic carbocycles. The standard InChI is InChI=1S/C24H26N2O2S/c1-29-20-11-8-17(9-12-20)24(28)19-5-4-14-26(16-19)23(27)13-10-18-15-25-22-7-3-2-6-21(18)22/h2-3,6-9,11-12,15,19,25H,4-5,10,13-14,16H2,1H3/t19-/m0/s1. The summed E-state index contributed by atoms with van der Waals surface area (Å²) in [5.74, 6) is 0.207. The molecular weight excluding hydrogens is 380 g/mol. The number of likely N-dealkylation sites (tertiary alicyclic amines) is 1. The van der Waals surface area contributed by atoms with Gasteiger partial charge in [0.05, 0.1) is 0 Å². The Kier molecular flexibility index (Phi) is 6.05. The van der Waals surface area contributed by atoms with E-state index in [4.69, 9.17) is 0 Å². The first-order chi connectivity index (χ1) is 14.2. The number of nitrogens with zero attached hydrogens (tertiary/aromatic N) is 1. The lowest BCUT2D eigenvalue weighted by Crippen LogP contribution is -2.42. The van der Waals surface area contributed by atoms with Crippen molar-refractivity contribution < 1.29 is 9.59 Å². The second-order valence-corrected chi connectivity index (χ2v) is 8.51. The van der Waals surface area contributed by atoms with Crippen molar-refractivity contribution in [3.63, 3.8) is 0 Å². The highest BCUT2D eigenvalue weighted by atomic mass is 32.2. The monoisotopic (exact) mass is 406 g/mol. The largest absolute Gasteiger partial charge is 0.361 e. The van der Waals surface area contributed by atoms with Crippen molar-refractivity contribution in [2.75, 3.05) is 19.3 Å². The lowest BCUT2D eigenvalue weighted by atomic mass is 9.90. The maximum atomic E-state index is 12.9. The molecule has 1 fully saturated rings. The van der Waals surface area contributed by atoms with Gasteiger partial charge in [0.25, 0.3) is 0 Å². The van der Waals surface area contributed by atoms with Crippen LogP contribution in [0.15, 0.2) is 59.6 Å². The molecular formula is C24H26N2O2S. The minimum absolute atomic E-state index is 0.0964. The number of aromatic nitrogens is 1. The topological polar surface area (TPSA) is 53.2 Å². The number of carbonyl (C=O) groups excluding carboxylic acids is 2. The number of hydrogen-bond acceptors (Lipinski definition) is 3. The van der Waals surface area contributed by atoms with E-state index in [1.165, 1.54) is 10.9 Å². The highest BCUT2D eigenvalue weighted by Crippen LogP contribution is 2.24. The quantitative estimate of drug-likeness (QED) is 0.466. The van der Waals surface area contributed by atoms with Crippen molar-refractivity contribution in [3.8, 4) is 0 Å². The van der Waals surface area contributed by atoms with E-state index in [1.54, 1.807) is 11.8 Å². The fraction of sp³-hybridized carbons (Fsp3) is 0.333. The van der Waals surface area contributed by atoms with Gasteiger partial charge in [-0.25, -0.2) is 0 Å². The van der Waals surface area contributed by atoms with Crippen LogP contribution in [0.2, 0.25) is 0 Å². The zero-order valence-corrected chi connectivity index (χ0v) is 17.5. The first-order valence-electron chi connectivity index (χ1n) is 10.2. The van der Waals surface area contributed by atoms with E-state index in [0.717, 1.165) is 35.4 Å². The number of nitrogens with one attached hydrogen (secondary N) is 1. The number of ketones is 1. The molecule has 1 atom stereocenters. The summed E-state index contributed by atoms with van der Waals surface area (Å²) in [6.07, 6.45) is 6.96. The van der Waals surface area contributed by atoms with Gasteiger partial charge in [0.15, 0.2) is 5.78 Å². The number of piperidine rings is 1. The van der Waals surface area contributed by atoms with Crippen LogP contribution in [0.25, 0.3) is 10.9 Å². The van der Waals surface area contributed by atoms with Gasteiger partial charge >= 0.3 is 0 Å². The van der Waals surface area contributed by atoms with Crippen LogP contribution in [0, 0.1) is 5.92 Å². The Hall–Kier alpha value is -2.53. The first-order valence-corrected chi connectivity index (χ1v) is 11.4. The number of carbonyl (C=O) groups is 2. The van der Waals surface area contributed by atoms with E-state index in [2.05, 4.69) is 11.1 Å². The van der Waals surface area contributed by atoms with Crippen molar-refractivity contribution in [2.45, 2.75) is 30.6 Å². The number of fused-ring (bicyclic) bond motifs is 1. The van der Waals surface area contributed by atoms with Crippen LogP contribution in [0.3, 0.4) is 0 Å². The third-order valence-corrected chi connectivity index (χ3v) is 6.55. The fourth-order valence-corrected chi connectivity index (χ4v) is 4.56. The molecule has 2 heterocycles. The molecule has 1 aliphatic heterocycles. The molecule has 4 nitrogen and oxygen atoms in total. The Morgan fingerprint density at radius 3 is 2.72 bits per heavy atom. The molecule has 1 saturated heterocycles. The maximum absolute atomic E-state index is 12.9. The van der Waals surface area contributed by atoms with Gasteiger partial charge in [0.1, 0.15) is 0 Å². The van der Waals surface area contributed by atoms with Gasteiger partial charge in [-0.05, 0) is 49.3 Å². The molecule has 150 valence electrons. The van der Waals surface area contributed by atoms with Crippen molar-refractivity contribution >= 4 is 34.4 Å². The normalized spacial score (nSPS) is 16.9. The van der Waals surface area contributed by atoms with Crippen LogP contribution >= 0.6 is 11.8 Å². The number of rotatable bonds is 6. The van der Waals surface area contributed by atoms with Crippen LogP contribution < -0.4 is 0 Å². The Morgan fingerprint density at radius 2 is 1.93 bits per heavy atom. The molecule has 0 radical (unpaired) electrons. The molecule has 1 aromatic heterocycles. The predicted molar refractivity (Wildman–Crippen MR) is 118 cm³/mol. The van der Waals surface area contributed by atoms with Crippen LogP contribution in [0.4, 0.5) is 0 Å². The SMILES string of the molecule is CSc1ccc(C(=O)[C@H]2CCCN(C(=O)CCc3c[nH]c4ccccc34)C2)cc1. The van der Waals surface area contributed by atoms with E-state index < -0.39 is 0 Å². The van der Waals surface area contributed by atoms with Crippen molar-refractivity contribution in [1.82, 2.24) is 9.88 Å². The number of Topliss-reactive ketones (excluding diaryl/α,β-unsaturated/α-hetero) is 1. The molecule has 2 aromatic carbocycles. The molecule has 4 rings (SSSR count). The fourth-order valence-electron chi connectivity index (χ4n) is 4.15. The number of aryl methyl sites for hydroxylation is 1. The molecule has 0 unspecified atom stereocenters. The molecule has 0 bridgehead atoms. The lowest BCUT2D eigenvalue weighted by Gasteiger charge is -2.32. The summed E-state index contributed by atoms with van der Waals surface area (Å²) < 4.78 is 0. The Balaban J connectivity index is 1.37. The second-order valence-electron chi connectivity index (χ2n) is 7.63. The van der Waals surface area contributed by atoms with Gasteiger partial charge < -0.3 is 9.88 Å². The lowest BCUT2D eigenvalue weighted by molar-refractivity contribution is -0.132. The van der Waals surface area contributed by atoms with Gasteiger partial charge in [0.2, 0.25) is 5.91 Å². The summed E-state index contributed by atoms with van der Waals surface area (Å²) in [5.41, 5.74) is 3.03. The maximum Gasteiger partial charge on any atom is 0.222 e. The summed E-state index contributed by atoms with van der Waals surface area (Å²) >= 11 is 1.67. The number of amides is 1. The number of para-hydroxylation sites is 1. The molecule has 1 amide bonds. The molecule has 29 heavy (non-hydrogen) atoms. The first kappa shape index (κ1) is 19.8. The van der Waals surface area contributed by atoms with E-state index in [-0.39, 0.29) is 17.6 Å². The van der Waals surface area contributed by atoms with Gasteiger partial charge in [-0.15, -0.1) is 11.8 Å². The summed E-state index contributed by atoms with van der Waals surface area (Å²) in [7, 11) is 0. The molecule has 0 saturated carbocycles. The highest BCUT2D eigenvalue weighted by molar-refractivity contribution is 7.98. The van der Waals surface area contributed by atoms with E-state index in [9.17, 15) is 9.59 Å². The number of hydrogen-bond donors (Lipinski definition) is 1. The van der Waals surface area contributed by atoms with Crippen LogP contribution in [-0.2, 0) is 11.2 Å². The minimum atomic E-state index is -0.0964.